The molecule has 5 nitrogen and oxygen atoms in total. The molecule has 1 aliphatic heterocycles. The van der Waals surface area contributed by atoms with E-state index >= 15 is 0 Å². The highest BCUT2D eigenvalue weighted by Crippen LogP contribution is 2.23. The van der Waals surface area contributed by atoms with Crippen LogP contribution in [0.25, 0.3) is 10.9 Å². The largest absolute Gasteiger partial charge is 0.479 e. The van der Waals surface area contributed by atoms with Crippen LogP contribution in [-0.4, -0.2) is 46.8 Å². The highest BCUT2D eigenvalue weighted by Gasteiger charge is 2.26. The summed E-state index contributed by atoms with van der Waals surface area (Å²) in [5.41, 5.74) is 2.14. The summed E-state index contributed by atoms with van der Waals surface area (Å²) in [6.45, 7) is 2.31. The van der Waals surface area contributed by atoms with Crippen molar-refractivity contribution in [1.82, 2.24) is 9.88 Å². The first-order chi connectivity index (χ1) is 9.63. The van der Waals surface area contributed by atoms with Crippen LogP contribution in [0.15, 0.2) is 24.4 Å². The predicted octanol–water partition coefficient (Wildman–Crippen LogP) is 2.11. The smallest absolute Gasteiger partial charge is 0.334 e. The lowest BCUT2D eigenvalue weighted by molar-refractivity contribution is -0.156. The summed E-state index contributed by atoms with van der Waals surface area (Å²) in [5.74, 6) is -0.902. The molecule has 0 bridgehead atoms. The number of fused-ring (bicyclic) bond motifs is 1. The fourth-order valence-electron chi connectivity index (χ4n) is 2.53. The molecule has 2 aromatic rings. The molecule has 1 aromatic heterocycles. The molecule has 1 atom stereocenters. The number of H-pyrrole nitrogens is 1. The maximum Gasteiger partial charge on any atom is 0.334 e. The zero-order chi connectivity index (χ0) is 14.1. The van der Waals surface area contributed by atoms with Crippen molar-refractivity contribution < 1.29 is 14.6 Å². The number of aromatic nitrogens is 1. The zero-order valence-corrected chi connectivity index (χ0v) is 11.6. The number of hydrogen-bond acceptors (Lipinski definition) is 3. The summed E-state index contributed by atoms with van der Waals surface area (Å²) in [5, 5.41) is 10.8. The summed E-state index contributed by atoms with van der Waals surface area (Å²) < 4.78 is 5.23. The van der Waals surface area contributed by atoms with Crippen molar-refractivity contribution >= 4 is 28.5 Å². The van der Waals surface area contributed by atoms with E-state index in [4.69, 9.17) is 21.4 Å². The summed E-state index contributed by atoms with van der Waals surface area (Å²) in [7, 11) is 0. The first-order valence-electron chi connectivity index (χ1n) is 6.46. The Morgan fingerprint density at radius 3 is 3.20 bits per heavy atom. The molecule has 0 aliphatic carbocycles. The number of morpholine rings is 1. The quantitative estimate of drug-likeness (QED) is 0.910. The number of aliphatic carboxylic acids is 1. The number of ether oxygens (including phenoxy) is 1. The summed E-state index contributed by atoms with van der Waals surface area (Å²) in [4.78, 5) is 16.3. The van der Waals surface area contributed by atoms with Crippen molar-refractivity contribution in [2.24, 2.45) is 0 Å². The molecule has 1 aromatic carbocycles. The molecule has 3 rings (SSSR count). The van der Waals surface area contributed by atoms with Gasteiger partial charge in [0.1, 0.15) is 0 Å². The topological polar surface area (TPSA) is 65.6 Å². The van der Waals surface area contributed by atoms with E-state index in [1.807, 2.05) is 24.4 Å². The van der Waals surface area contributed by atoms with Gasteiger partial charge in [0, 0.05) is 41.8 Å². The van der Waals surface area contributed by atoms with Gasteiger partial charge in [-0.1, -0.05) is 17.7 Å². The highest BCUT2D eigenvalue weighted by molar-refractivity contribution is 6.31. The maximum absolute atomic E-state index is 11.0. The van der Waals surface area contributed by atoms with Crippen LogP contribution >= 0.6 is 11.6 Å². The standard InChI is InChI=1S/C14H15ClN2O3/c15-10-1-2-11-9(6-16-12(11)5-10)7-17-3-4-20-13(8-17)14(18)19/h1-2,5-6,13,16H,3-4,7-8H2,(H,18,19). The van der Waals surface area contributed by atoms with Crippen LogP contribution in [0, 0.1) is 0 Å². The van der Waals surface area contributed by atoms with Gasteiger partial charge in [0.05, 0.1) is 6.61 Å². The Balaban J connectivity index is 1.77. The minimum Gasteiger partial charge on any atom is -0.479 e. The van der Waals surface area contributed by atoms with Crippen molar-refractivity contribution in [3.8, 4) is 0 Å². The minimum absolute atomic E-state index is 0.412. The van der Waals surface area contributed by atoms with Gasteiger partial charge in [0.2, 0.25) is 0 Å². The van der Waals surface area contributed by atoms with Crippen molar-refractivity contribution in [2.45, 2.75) is 12.6 Å². The van der Waals surface area contributed by atoms with Crippen molar-refractivity contribution in [3.63, 3.8) is 0 Å². The number of halogens is 1. The Bertz CT molecular complexity index is 640. The molecule has 1 unspecified atom stereocenters. The molecular weight excluding hydrogens is 280 g/mol. The fraction of sp³-hybridized carbons (Fsp3) is 0.357. The lowest BCUT2D eigenvalue weighted by Gasteiger charge is -2.30. The van der Waals surface area contributed by atoms with E-state index in [9.17, 15) is 4.79 Å². The average molecular weight is 295 g/mol. The van der Waals surface area contributed by atoms with Gasteiger partial charge in [-0.15, -0.1) is 0 Å². The number of carboxylic acid groups (broad SMARTS) is 1. The molecule has 0 spiro atoms. The van der Waals surface area contributed by atoms with Gasteiger partial charge in [-0.2, -0.15) is 0 Å². The molecule has 106 valence electrons. The maximum atomic E-state index is 11.0. The number of hydrogen-bond donors (Lipinski definition) is 2. The Labute approximate surface area is 121 Å². The minimum atomic E-state index is -0.902. The van der Waals surface area contributed by atoms with Gasteiger partial charge < -0.3 is 14.8 Å². The first-order valence-corrected chi connectivity index (χ1v) is 6.83. The van der Waals surface area contributed by atoms with Crippen molar-refractivity contribution in [2.75, 3.05) is 19.7 Å². The van der Waals surface area contributed by atoms with Crippen LogP contribution in [0.3, 0.4) is 0 Å². The molecule has 1 aliphatic rings. The summed E-state index contributed by atoms with van der Waals surface area (Å²) in [6.07, 6.45) is 1.22. The molecule has 20 heavy (non-hydrogen) atoms. The van der Waals surface area contributed by atoms with E-state index < -0.39 is 12.1 Å². The Morgan fingerprint density at radius 1 is 1.55 bits per heavy atom. The first kappa shape index (κ1) is 13.4. The van der Waals surface area contributed by atoms with E-state index in [1.165, 1.54) is 0 Å². The number of carboxylic acids is 1. The van der Waals surface area contributed by atoms with Crippen LogP contribution in [-0.2, 0) is 16.1 Å². The monoisotopic (exact) mass is 294 g/mol. The Morgan fingerprint density at radius 2 is 2.40 bits per heavy atom. The van der Waals surface area contributed by atoms with Gasteiger partial charge in [-0.3, -0.25) is 4.90 Å². The number of rotatable bonds is 3. The number of nitrogens with zero attached hydrogens (tertiary/aromatic N) is 1. The summed E-state index contributed by atoms with van der Waals surface area (Å²) >= 11 is 5.96. The SMILES string of the molecule is O=C(O)C1CN(Cc2c[nH]c3cc(Cl)ccc23)CCO1. The molecule has 6 heteroatoms. The van der Waals surface area contributed by atoms with Crippen LogP contribution in [0.2, 0.25) is 5.02 Å². The Kier molecular flexibility index (Phi) is 3.65. The van der Waals surface area contributed by atoms with Gasteiger partial charge in [0.15, 0.2) is 6.10 Å². The molecule has 0 radical (unpaired) electrons. The van der Waals surface area contributed by atoms with E-state index in [0.717, 1.165) is 23.0 Å². The number of carbonyl (C=O) groups is 1. The van der Waals surface area contributed by atoms with E-state index in [2.05, 4.69) is 9.88 Å². The summed E-state index contributed by atoms with van der Waals surface area (Å²) in [6, 6.07) is 5.74. The molecule has 1 saturated heterocycles. The van der Waals surface area contributed by atoms with E-state index in [-0.39, 0.29) is 0 Å². The lowest BCUT2D eigenvalue weighted by Crippen LogP contribution is -2.45. The molecule has 2 N–H and O–H groups in total. The van der Waals surface area contributed by atoms with Crippen LogP contribution in [0.4, 0.5) is 0 Å². The molecular formula is C14H15ClN2O3. The second kappa shape index (κ2) is 5.44. The van der Waals surface area contributed by atoms with Crippen LogP contribution < -0.4 is 0 Å². The number of benzene rings is 1. The van der Waals surface area contributed by atoms with Crippen LogP contribution in [0.5, 0.6) is 0 Å². The highest BCUT2D eigenvalue weighted by atomic mass is 35.5. The molecule has 0 saturated carbocycles. The van der Waals surface area contributed by atoms with Gasteiger partial charge in [-0.05, 0) is 17.7 Å². The zero-order valence-electron chi connectivity index (χ0n) is 10.8. The fourth-order valence-corrected chi connectivity index (χ4v) is 2.70. The number of nitrogens with one attached hydrogen (secondary N) is 1. The van der Waals surface area contributed by atoms with Crippen molar-refractivity contribution in [3.05, 3.63) is 35.0 Å². The molecule has 0 amide bonds. The number of aromatic amines is 1. The molecule has 1 fully saturated rings. The second-order valence-electron chi connectivity index (χ2n) is 4.94. The van der Waals surface area contributed by atoms with Crippen LogP contribution in [0.1, 0.15) is 5.56 Å². The lowest BCUT2D eigenvalue weighted by atomic mass is 10.1. The van der Waals surface area contributed by atoms with Gasteiger partial charge in [-0.25, -0.2) is 4.79 Å². The third-order valence-electron chi connectivity index (χ3n) is 3.55. The molecule has 2 heterocycles. The average Bonchev–Trinajstić information content (AvgIpc) is 2.81. The predicted molar refractivity (Wildman–Crippen MR) is 76.0 cm³/mol. The third kappa shape index (κ3) is 2.65. The second-order valence-corrected chi connectivity index (χ2v) is 5.37. The van der Waals surface area contributed by atoms with Gasteiger partial charge in [0.25, 0.3) is 0 Å². The Hall–Kier alpha value is -1.56. The van der Waals surface area contributed by atoms with Crippen molar-refractivity contribution in [1.29, 1.82) is 0 Å². The van der Waals surface area contributed by atoms with E-state index in [1.54, 1.807) is 0 Å². The third-order valence-corrected chi connectivity index (χ3v) is 3.78. The van der Waals surface area contributed by atoms with E-state index in [0.29, 0.717) is 24.7 Å². The van der Waals surface area contributed by atoms with Gasteiger partial charge >= 0.3 is 5.97 Å². The normalized spacial score (nSPS) is 20.4.